The number of fused-ring (bicyclic) bond motifs is 2. The summed E-state index contributed by atoms with van der Waals surface area (Å²) < 4.78 is 13.4. The van der Waals surface area contributed by atoms with E-state index in [4.69, 9.17) is 4.99 Å². The highest BCUT2D eigenvalue weighted by molar-refractivity contribution is 7.85. The van der Waals surface area contributed by atoms with Crippen LogP contribution in [0.4, 0.5) is 11.5 Å². The van der Waals surface area contributed by atoms with E-state index < -0.39 is 10.8 Å². The van der Waals surface area contributed by atoms with Gasteiger partial charge in [-0.1, -0.05) is 61.4 Å². The number of aliphatic imine (C=N–C) groups is 1. The van der Waals surface area contributed by atoms with Crippen LogP contribution in [0.2, 0.25) is 0 Å². The lowest BCUT2D eigenvalue weighted by molar-refractivity contribution is 0.680. The van der Waals surface area contributed by atoms with Crippen molar-refractivity contribution in [1.82, 2.24) is 9.97 Å². The quantitative estimate of drug-likeness (QED) is 0.398. The molecule has 3 aromatic rings. The molecule has 4 rings (SSSR count). The van der Waals surface area contributed by atoms with Crippen LogP contribution in [0.25, 0.3) is 0 Å². The van der Waals surface area contributed by atoms with Gasteiger partial charge in [0.1, 0.15) is 22.8 Å². The van der Waals surface area contributed by atoms with Crippen molar-refractivity contribution in [3.8, 4) is 0 Å². The SMILES string of the molecule is CCCCNc1ncnc2c1N=C(c1ccc(C)cc1)c1ccccc1S2=O. The minimum absolute atomic E-state index is 0.448. The van der Waals surface area contributed by atoms with Gasteiger partial charge in [0.05, 0.1) is 10.6 Å². The lowest BCUT2D eigenvalue weighted by atomic mass is 10.0. The van der Waals surface area contributed by atoms with Crippen LogP contribution in [0.1, 0.15) is 36.5 Å². The van der Waals surface area contributed by atoms with Gasteiger partial charge in [-0.15, -0.1) is 0 Å². The van der Waals surface area contributed by atoms with E-state index in [0.717, 1.165) is 41.1 Å². The number of rotatable bonds is 5. The molecule has 1 aromatic heterocycles. The summed E-state index contributed by atoms with van der Waals surface area (Å²) in [5, 5.41) is 3.79. The summed E-state index contributed by atoms with van der Waals surface area (Å²) >= 11 is 0. The standard InChI is InChI=1S/C22H22N4OS/c1-3-4-13-23-21-20-22(25-14-24-21)28(27)18-8-6-5-7-17(18)19(26-20)16-11-9-15(2)10-12-16/h5-12,14H,3-4,13H2,1-2H3,(H,23,24,25). The second-order valence-electron chi connectivity index (χ2n) is 6.75. The zero-order valence-electron chi connectivity index (χ0n) is 16.0. The molecular weight excluding hydrogens is 368 g/mol. The Bertz CT molecular complexity index is 1060. The molecule has 2 heterocycles. The molecular formula is C22H22N4OS. The second-order valence-corrected chi connectivity index (χ2v) is 8.11. The first-order valence-electron chi connectivity index (χ1n) is 9.45. The molecule has 28 heavy (non-hydrogen) atoms. The van der Waals surface area contributed by atoms with Gasteiger partial charge in [0, 0.05) is 17.7 Å². The third-order valence-electron chi connectivity index (χ3n) is 4.68. The summed E-state index contributed by atoms with van der Waals surface area (Å²) in [5.41, 5.74) is 4.37. The summed E-state index contributed by atoms with van der Waals surface area (Å²) in [5.74, 6) is 0.629. The van der Waals surface area contributed by atoms with Crippen molar-refractivity contribution in [1.29, 1.82) is 0 Å². The van der Waals surface area contributed by atoms with Gasteiger partial charge in [-0.05, 0) is 19.4 Å². The zero-order chi connectivity index (χ0) is 19.5. The van der Waals surface area contributed by atoms with Crippen molar-refractivity contribution in [2.45, 2.75) is 36.6 Å². The Balaban J connectivity index is 1.93. The predicted molar refractivity (Wildman–Crippen MR) is 113 cm³/mol. The number of hydrogen-bond acceptors (Lipinski definition) is 5. The second kappa shape index (κ2) is 8.02. The maximum atomic E-state index is 13.4. The van der Waals surface area contributed by atoms with Gasteiger partial charge >= 0.3 is 0 Å². The lowest BCUT2D eigenvalue weighted by Crippen LogP contribution is -2.06. The number of aryl methyl sites for hydroxylation is 1. The molecule has 0 saturated heterocycles. The maximum Gasteiger partial charge on any atom is 0.163 e. The minimum Gasteiger partial charge on any atom is -0.368 e. The fraction of sp³-hybridized carbons (Fsp3) is 0.227. The molecule has 1 atom stereocenters. The van der Waals surface area contributed by atoms with Crippen LogP contribution in [-0.4, -0.2) is 26.4 Å². The van der Waals surface area contributed by atoms with Gasteiger partial charge in [-0.3, -0.25) is 0 Å². The number of unbranched alkanes of at least 4 members (excludes halogenated alkanes) is 1. The summed E-state index contributed by atoms with van der Waals surface area (Å²) in [7, 11) is -1.43. The maximum absolute atomic E-state index is 13.4. The topological polar surface area (TPSA) is 67.2 Å². The van der Waals surface area contributed by atoms with E-state index in [2.05, 4.69) is 41.3 Å². The number of nitrogens with zero attached hydrogens (tertiary/aromatic N) is 3. The smallest absolute Gasteiger partial charge is 0.163 e. The molecule has 0 radical (unpaired) electrons. The molecule has 0 amide bonds. The monoisotopic (exact) mass is 390 g/mol. The fourth-order valence-corrected chi connectivity index (χ4v) is 4.38. The average Bonchev–Trinajstić information content (AvgIpc) is 2.85. The molecule has 1 aliphatic rings. The van der Waals surface area contributed by atoms with Crippen LogP contribution >= 0.6 is 0 Å². The zero-order valence-corrected chi connectivity index (χ0v) is 16.8. The van der Waals surface area contributed by atoms with Crippen LogP contribution < -0.4 is 5.32 Å². The van der Waals surface area contributed by atoms with Crippen molar-refractivity contribution in [3.05, 3.63) is 71.5 Å². The first kappa shape index (κ1) is 18.5. The Morgan fingerprint density at radius 3 is 2.61 bits per heavy atom. The van der Waals surface area contributed by atoms with Crippen LogP contribution in [0.5, 0.6) is 0 Å². The molecule has 0 aliphatic carbocycles. The van der Waals surface area contributed by atoms with E-state index >= 15 is 0 Å². The van der Waals surface area contributed by atoms with Gasteiger partial charge in [0.25, 0.3) is 0 Å². The first-order chi connectivity index (χ1) is 13.7. The van der Waals surface area contributed by atoms with Crippen LogP contribution in [0.3, 0.4) is 0 Å². The van der Waals surface area contributed by atoms with Crippen molar-refractivity contribution >= 4 is 28.0 Å². The van der Waals surface area contributed by atoms with Crippen molar-refractivity contribution < 1.29 is 4.21 Å². The number of aromatic nitrogens is 2. The summed E-state index contributed by atoms with van der Waals surface area (Å²) in [6.07, 6.45) is 3.56. The van der Waals surface area contributed by atoms with Crippen molar-refractivity contribution in [3.63, 3.8) is 0 Å². The van der Waals surface area contributed by atoms with Gasteiger partial charge < -0.3 is 5.32 Å². The molecule has 5 nitrogen and oxygen atoms in total. The molecule has 0 saturated carbocycles. The van der Waals surface area contributed by atoms with E-state index in [0.29, 0.717) is 16.5 Å². The highest BCUT2D eigenvalue weighted by Crippen LogP contribution is 2.36. The highest BCUT2D eigenvalue weighted by atomic mass is 32.2. The van der Waals surface area contributed by atoms with Crippen LogP contribution in [-0.2, 0) is 10.8 Å². The molecule has 1 unspecified atom stereocenters. The van der Waals surface area contributed by atoms with E-state index in [1.54, 1.807) is 0 Å². The lowest BCUT2D eigenvalue weighted by Gasteiger charge is -2.10. The van der Waals surface area contributed by atoms with Crippen molar-refractivity contribution in [2.24, 2.45) is 4.99 Å². The number of hydrogen-bond donors (Lipinski definition) is 1. The molecule has 6 heteroatoms. The third-order valence-corrected chi connectivity index (χ3v) is 6.08. The summed E-state index contributed by atoms with van der Waals surface area (Å²) in [6.45, 7) is 4.98. The third kappa shape index (κ3) is 3.47. The van der Waals surface area contributed by atoms with E-state index in [1.165, 1.54) is 11.9 Å². The molecule has 0 bridgehead atoms. The number of anilines is 1. The molecule has 1 aliphatic heterocycles. The molecule has 2 aromatic carbocycles. The van der Waals surface area contributed by atoms with E-state index in [1.807, 2.05) is 36.4 Å². The Hall–Kier alpha value is -2.86. The Morgan fingerprint density at radius 1 is 1.04 bits per heavy atom. The average molecular weight is 391 g/mol. The summed E-state index contributed by atoms with van der Waals surface area (Å²) in [6, 6.07) is 15.9. The normalized spacial score (nSPS) is 15.2. The predicted octanol–water partition coefficient (Wildman–Crippen LogP) is 4.65. The fourth-order valence-electron chi connectivity index (χ4n) is 3.14. The Morgan fingerprint density at radius 2 is 1.82 bits per heavy atom. The van der Waals surface area contributed by atoms with E-state index in [9.17, 15) is 4.21 Å². The molecule has 1 N–H and O–H groups in total. The van der Waals surface area contributed by atoms with Crippen LogP contribution in [0, 0.1) is 6.92 Å². The highest BCUT2D eigenvalue weighted by Gasteiger charge is 2.26. The van der Waals surface area contributed by atoms with Crippen molar-refractivity contribution in [2.75, 3.05) is 11.9 Å². The largest absolute Gasteiger partial charge is 0.368 e. The molecule has 142 valence electrons. The first-order valence-corrected chi connectivity index (χ1v) is 10.6. The van der Waals surface area contributed by atoms with E-state index in [-0.39, 0.29) is 0 Å². The minimum atomic E-state index is -1.43. The molecule has 0 fully saturated rings. The Kier molecular flexibility index (Phi) is 5.30. The summed E-state index contributed by atoms with van der Waals surface area (Å²) in [4.78, 5) is 14.4. The number of nitrogens with one attached hydrogen (secondary N) is 1. The molecule has 0 spiro atoms. The Labute approximate surface area is 167 Å². The van der Waals surface area contributed by atoms with Gasteiger partial charge in [0.15, 0.2) is 10.8 Å². The van der Waals surface area contributed by atoms with Crippen LogP contribution in [0.15, 0.2) is 69.8 Å². The van der Waals surface area contributed by atoms with Gasteiger partial charge in [-0.2, -0.15) is 0 Å². The van der Waals surface area contributed by atoms with Gasteiger partial charge in [0.2, 0.25) is 0 Å². The number of benzene rings is 2. The van der Waals surface area contributed by atoms with Gasteiger partial charge in [-0.25, -0.2) is 19.2 Å².